The zero-order valence-electron chi connectivity index (χ0n) is 10.8. The molecule has 2 heterocycles. The van der Waals surface area contributed by atoms with Crippen LogP contribution in [0.1, 0.15) is 36.2 Å². The molecule has 18 heavy (non-hydrogen) atoms. The van der Waals surface area contributed by atoms with E-state index in [1.54, 1.807) is 17.5 Å². The number of aryl methyl sites for hydroxylation is 2. The summed E-state index contributed by atoms with van der Waals surface area (Å²) in [5.74, 6) is 0. The van der Waals surface area contributed by atoms with E-state index in [0.717, 1.165) is 24.5 Å². The number of aromatic nitrogens is 3. The summed E-state index contributed by atoms with van der Waals surface area (Å²) in [6.45, 7) is 7.85. The summed E-state index contributed by atoms with van der Waals surface area (Å²) in [4.78, 5) is 5.52. The van der Waals surface area contributed by atoms with Crippen LogP contribution in [0.3, 0.4) is 0 Å². The maximum atomic E-state index is 6.28. The Bertz CT molecular complexity index is 520. The first kappa shape index (κ1) is 13.5. The summed E-state index contributed by atoms with van der Waals surface area (Å²) in [6.07, 6.45) is 1.71. The smallest absolute Gasteiger partial charge is 0.0875 e. The lowest BCUT2D eigenvalue weighted by atomic mass is 10.1. The van der Waals surface area contributed by atoms with Gasteiger partial charge >= 0.3 is 0 Å². The Morgan fingerprint density at radius 2 is 2.28 bits per heavy atom. The van der Waals surface area contributed by atoms with Crippen molar-refractivity contribution in [2.75, 3.05) is 6.54 Å². The van der Waals surface area contributed by atoms with Crippen LogP contribution in [0.5, 0.6) is 0 Å². The Morgan fingerprint density at radius 1 is 1.50 bits per heavy atom. The van der Waals surface area contributed by atoms with E-state index in [-0.39, 0.29) is 6.04 Å². The largest absolute Gasteiger partial charge is 0.304 e. The van der Waals surface area contributed by atoms with Crippen molar-refractivity contribution in [3.63, 3.8) is 0 Å². The summed E-state index contributed by atoms with van der Waals surface area (Å²) < 4.78 is 1.94. The standard InChI is InChI=1S/C12H17ClN4S/c1-4-14-10(12-8(3)15-7-18-12)11-9(13)6-16-17(11)5-2/h6-7,10,14H,4-5H2,1-3H3. The van der Waals surface area contributed by atoms with Gasteiger partial charge in [0, 0.05) is 6.54 Å². The maximum absolute atomic E-state index is 6.28. The third-order valence-corrected chi connectivity index (χ3v) is 4.15. The molecule has 1 atom stereocenters. The fraction of sp³-hybridized carbons (Fsp3) is 0.500. The Labute approximate surface area is 116 Å². The molecule has 6 heteroatoms. The van der Waals surface area contributed by atoms with Gasteiger partial charge in [0.05, 0.1) is 39.0 Å². The molecule has 0 spiro atoms. The molecule has 98 valence electrons. The first-order valence-electron chi connectivity index (χ1n) is 6.03. The van der Waals surface area contributed by atoms with Crippen molar-refractivity contribution in [2.24, 2.45) is 0 Å². The maximum Gasteiger partial charge on any atom is 0.0875 e. The monoisotopic (exact) mass is 284 g/mol. The van der Waals surface area contributed by atoms with E-state index in [2.05, 4.69) is 29.2 Å². The highest BCUT2D eigenvalue weighted by Crippen LogP contribution is 2.32. The minimum absolute atomic E-state index is 0.0671. The van der Waals surface area contributed by atoms with Crippen LogP contribution in [0.15, 0.2) is 11.7 Å². The summed E-state index contributed by atoms with van der Waals surface area (Å²) in [7, 11) is 0. The third kappa shape index (κ3) is 2.43. The van der Waals surface area contributed by atoms with Crippen LogP contribution in [0.2, 0.25) is 5.02 Å². The van der Waals surface area contributed by atoms with Crippen LogP contribution in [0.4, 0.5) is 0 Å². The molecule has 0 saturated heterocycles. The van der Waals surface area contributed by atoms with Crippen LogP contribution < -0.4 is 5.32 Å². The fourth-order valence-electron chi connectivity index (χ4n) is 2.02. The van der Waals surface area contributed by atoms with E-state index in [1.807, 2.05) is 17.1 Å². The number of hydrogen-bond donors (Lipinski definition) is 1. The minimum Gasteiger partial charge on any atom is -0.304 e. The zero-order valence-corrected chi connectivity index (χ0v) is 12.3. The average Bonchev–Trinajstić information content (AvgIpc) is 2.93. The molecule has 2 aromatic rings. The number of hydrogen-bond acceptors (Lipinski definition) is 4. The Morgan fingerprint density at radius 3 is 2.83 bits per heavy atom. The lowest BCUT2D eigenvalue weighted by Gasteiger charge is -2.19. The van der Waals surface area contributed by atoms with Gasteiger partial charge in [-0.2, -0.15) is 5.10 Å². The number of halogens is 1. The summed E-state index contributed by atoms with van der Waals surface area (Å²) in [5.41, 5.74) is 3.94. The highest BCUT2D eigenvalue weighted by atomic mass is 35.5. The van der Waals surface area contributed by atoms with Gasteiger partial charge in [0.15, 0.2) is 0 Å². The molecule has 0 aromatic carbocycles. The summed E-state index contributed by atoms with van der Waals surface area (Å²) in [5, 5.41) is 8.48. The molecule has 1 unspecified atom stereocenters. The molecular formula is C12H17ClN4S. The van der Waals surface area contributed by atoms with Crippen LogP contribution >= 0.6 is 22.9 Å². The normalized spacial score (nSPS) is 12.9. The van der Waals surface area contributed by atoms with Crippen molar-refractivity contribution in [3.8, 4) is 0 Å². The highest BCUT2D eigenvalue weighted by Gasteiger charge is 2.23. The van der Waals surface area contributed by atoms with Crippen LogP contribution in [-0.2, 0) is 6.54 Å². The minimum atomic E-state index is 0.0671. The van der Waals surface area contributed by atoms with Gasteiger partial charge in [-0.1, -0.05) is 18.5 Å². The molecule has 0 aliphatic rings. The quantitative estimate of drug-likeness (QED) is 0.918. The van der Waals surface area contributed by atoms with Gasteiger partial charge in [-0.25, -0.2) is 4.98 Å². The van der Waals surface area contributed by atoms with Crippen molar-refractivity contribution >= 4 is 22.9 Å². The second-order valence-electron chi connectivity index (χ2n) is 3.99. The topological polar surface area (TPSA) is 42.7 Å². The molecule has 2 aromatic heterocycles. The van der Waals surface area contributed by atoms with Crippen molar-refractivity contribution in [2.45, 2.75) is 33.4 Å². The average molecular weight is 285 g/mol. The van der Waals surface area contributed by atoms with Crippen molar-refractivity contribution in [1.29, 1.82) is 0 Å². The van der Waals surface area contributed by atoms with Crippen molar-refractivity contribution < 1.29 is 0 Å². The number of nitrogens with one attached hydrogen (secondary N) is 1. The van der Waals surface area contributed by atoms with E-state index in [0.29, 0.717) is 5.02 Å². The van der Waals surface area contributed by atoms with Gasteiger partial charge < -0.3 is 5.32 Å². The van der Waals surface area contributed by atoms with Crippen molar-refractivity contribution in [1.82, 2.24) is 20.1 Å². The predicted molar refractivity (Wildman–Crippen MR) is 75.3 cm³/mol. The second-order valence-corrected chi connectivity index (χ2v) is 5.28. The van der Waals surface area contributed by atoms with Crippen LogP contribution in [0, 0.1) is 6.92 Å². The van der Waals surface area contributed by atoms with Crippen LogP contribution in [0.25, 0.3) is 0 Å². The Kier molecular flexibility index (Phi) is 4.37. The second kappa shape index (κ2) is 5.82. The van der Waals surface area contributed by atoms with E-state index in [9.17, 15) is 0 Å². The summed E-state index contributed by atoms with van der Waals surface area (Å²) >= 11 is 7.93. The fourth-order valence-corrected chi connectivity index (χ4v) is 3.15. The number of nitrogens with zero attached hydrogens (tertiary/aromatic N) is 3. The molecule has 0 radical (unpaired) electrons. The first-order valence-corrected chi connectivity index (χ1v) is 7.29. The molecule has 0 amide bonds. The van der Waals surface area contributed by atoms with E-state index < -0.39 is 0 Å². The van der Waals surface area contributed by atoms with Gasteiger partial charge in [0.1, 0.15) is 0 Å². The lowest BCUT2D eigenvalue weighted by Crippen LogP contribution is -2.25. The molecule has 2 rings (SSSR count). The van der Waals surface area contributed by atoms with Gasteiger partial charge in [-0.3, -0.25) is 4.68 Å². The number of thiazole rings is 1. The molecule has 0 aliphatic heterocycles. The Hall–Kier alpha value is -0.910. The molecule has 0 fully saturated rings. The Balaban J connectivity index is 2.47. The summed E-state index contributed by atoms with van der Waals surface area (Å²) in [6, 6.07) is 0.0671. The van der Waals surface area contributed by atoms with E-state index in [4.69, 9.17) is 11.6 Å². The van der Waals surface area contributed by atoms with E-state index in [1.165, 1.54) is 4.88 Å². The third-order valence-electron chi connectivity index (χ3n) is 2.86. The van der Waals surface area contributed by atoms with Gasteiger partial charge in [0.2, 0.25) is 0 Å². The SMILES string of the molecule is CCNC(c1scnc1C)c1c(Cl)cnn1CC. The number of rotatable bonds is 5. The molecule has 0 bridgehead atoms. The molecule has 0 saturated carbocycles. The van der Waals surface area contributed by atoms with Crippen molar-refractivity contribution in [3.05, 3.63) is 33.0 Å². The first-order chi connectivity index (χ1) is 8.69. The molecule has 0 aliphatic carbocycles. The van der Waals surface area contributed by atoms with Gasteiger partial charge in [-0.05, 0) is 20.4 Å². The molecule has 1 N–H and O–H groups in total. The zero-order chi connectivity index (χ0) is 13.1. The van der Waals surface area contributed by atoms with Gasteiger partial charge in [0.25, 0.3) is 0 Å². The predicted octanol–water partition coefficient (Wildman–Crippen LogP) is 3.02. The van der Waals surface area contributed by atoms with Gasteiger partial charge in [-0.15, -0.1) is 11.3 Å². The van der Waals surface area contributed by atoms with Crippen LogP contribution in [-0.4, -0.2) is 21.3 Å². The lowest BCUT2D eigenvalue weighted by molar-refractivity contribution is 0.545. The highest BCUT2D eigenvalue weighted by molar-refractivity contribution is 7.09. The molecule has 4 nitrogen and oxygen atoms in total. The molecular weight excluding hydrogens is 268 g/mol. The van der Waals surface area contributed by atoms with E-state index >= 15 is 0 Å².